The predicted octanol–water partition coefficient (Wildman–Crippen LogP) is 3.65. The molecule has 0 radical (unpaired) electrons. The van der Waals surface area contributed by atoms with Gasteiger partial charge in [0.1, 0.15) is 6.61 Å². The Bertz CT molecular complexity index is 489. The standard InChI is InChI=1S/C19H30O6/c1-2-3-4-5-6-7-10-23-11-12-24-13-14-25-19(22)16-8-9-17(20)18(21)15-16/h8-9,15,20-21H,2-7,10-14H2,1H3. The molecule has 0 unspecified atom stereocenters. The summed E-state index contributed by atoms with van der Waals surface area (Å²) in [5, 5.41) is 18.5. The van der Waals surface area contributed by atoms with E-state index in [0.29, 0.717) is 13.2 Å². The summed E-state index contributed by atoms with van der Waals surface area (Å²) in [6, 6.07) is 3.78. The summed E-state index contributed by atoms with van der Waals surface area (Å²) in [6.45, 7) is 4.38. The summed E-state index contributed by atoms with van der Waals surface area (Å²) in [7, 11) is 0. The van der Waals surface area contributed by atoms with Crippen LogP contribution in [0.5, 0.6) is 11.5 Å². The summed E-state index contributed by atoms with van der Waals surface area (Å²) < 4.78 is 15.8. The molecule has 25 heavy (non-hydrogen) atoms. The Morgan fingerprint density at radius 3 is 2.20 bits per heavy atom. The molecule has 0 saturated carbocycles. The van der Waals surface area contributed by atoms with Crippen LogP contribution in [-0.2, 0) is 14.2 Å². The van der Waals surface area contributed by atoms with Crippen LogP contribution in [0.4, 0.5) is 0 Å². The van der Waals surface area contributed by atoms with Crippen molar-refractivity contribution in [3.63, 3.8) is 0 Å². The highest BCUT2D eigenvalue weighted by Gasteiger charge is 2.09. The molecule has 0 aliphatic carbocycles. The zero-order chi connectivity index (χ0) is 18.3. The van der Waals surface area contributed by atoms with Gasteiger partial charge in [-0.05, 0) is 24.6 Å². The Hall–Kier alpha value is -1.79. The van der Waals surface area contributed by atoms with Crippen molar-refractivity contribution in [1.29, 1.82) is 0 Å². The van der Waals surface area contributed by atoms with Crippen LogP contribution in [0.3, 0.4) is 0 Å². The van der Waals surface area contributed by atoms with E-state index >= 15 is 0 Å². The number of esters is 1. The van der Waals surface area contributed by atoms with Crippen molar-refractivity contribution in [2.24, 2.45) is 0 Å². The van der Waals surface area contributed by atoms with E-state index < -0.39 is 5.97 Å². The number of phenols is 2. The highest BCUT2D eigenvalue weighted by Crippen LogP contribution is 2.25. The minimum Gasteiger partial charge on any atom is -0.504 e. The SMILES string of the molecule is CCCCCCCCOCCOCCOC(=O)c1ccc(O)c(O)c1. The van der Waals surface area contributed by atoms with Gasteiger partial charge in [-0.1, -0.05) is 39.0 Å². The van der Waals surface area contributed by atoms with Gasteiger partial charge in [0.25, 0.3) is 0 Å². The lowest BCUT2D eigenvalue weighted by Gasteiger charge is -2.07. The number of unbranched alkanes of at least 4 members (excludes halogenated alkanes) is 5. The number of benzene rings is 1. The van der Waals surface area contributed by atoms with Gasteiger partial charge in [-0.25, -0.2) is 4.79 Å². The van der Waals surface area contributed by atoms with Gasteiger partial charge in [0.05, 0.1) is 25.4 Å². The van der Waals surface area contributed by atoms with Crippen LogP contribution >= 0.6 is 0 Å². The maximum atomic E-state index is 11.7. The van der Waals surface area contributed by atoms with Gasteiger partial charge in [-0.3, -0.25) is 0 Å². The van der Waals surface area contributed by atoms with Crippen molar-refractivity contribution >= 4 is 5.97 Å². The molecule has 1 rings (SSSR count). The van der Waals surface area contributed by atoms with E-state index in [1.807, 2.05) is 0 Å². The maximum Gasteiger partial charge on any atom is 0.338 e. The van der Waals surface area contributed by atoms with Gasteiger partial charge in [0.2, 0.25) is 0 Å². The van der Waals surface area contributed by atoms with Crippen LogP contribution in [0.25, 0.3) is 0 Å². The molecule has 0 saturated heterocycles. The van der Waals surface area contributed by atoms with Crippen molar-refractivity contribution in [1.82, 2.24) is 0 Å². The first-order valence-electron chi connectivity index (χ1n) is 8.99. The Labute approximate surface area is 149 Å². The fourth-order valence-electron chi connectivity index (χ4n) is 2.23. The van der Waals surface area contributed by atoms with Gasteiger partial charge in [-0.15, -0.1) is 0 Å². The Morgan fingerprint density at radius 1 is 0.840 bits per heavy atom. The summed E-state index contributed by atoms with van der Waals surface area (Å²) in [6.07, 6.45) is 7.46. The minimum absolute atomic E-state index is 0.123. The zero-order valence-corrected chi connectivity index (χ0v) is 15.0. The second kappa shape index (κ2) is 13.5. The third kappa shape index (κ3) is 9.94. The number of carbonyl (C=O) groups is 1. The quantitative estimate of drug-likeness (QED) is 0.301. The van der Waals surface area contributed by atoms with Crippen molar-refractivity contribution < 1.29 is 29.2 Å². The molecule has 6 nitrogen and oxygen atoms in total. The van der Waals surface area contributed by atoms with E-state index in [-0.39, 0.29) is 30.3 Å². The summed E-state index contributed by atoms with van der Waals surface area (Å²) in [4.78, 5) is 11.7. The minimum atomic E-state index is -0.571. The highest BCUT2D eigenvalue weighted by molar-refractivity contribution is 5.90. The van der Waals surface area contributed by atoms with Crippen LogP contribution in [0.15, 0.2) is 18.2 Å². The molecule has 0 amide bonds. The average Bonchev–Trinajstić information content (AvgIpc) is 2.61. The first-order chi connectivity index (χ1) is 12.1. The molecular weight excluding hydrogens is 324 g/mol. The molecule has 2 N–H and O–H groups in total. The fourth-order valence-corrected chi connectivity index (χ4v) is 2.23. The summed E-state index contributed by atoms with van der Waals surface area (Å²) in [5.74, 6) is -1.20. The lowest BCUT2D eigenvalue weighted by atomic mass is 10.1. The van der Waals surface area contributed by atoms with E-state index in [4.69, 9.17) is 14.2 Å². The second-order valence-corrected chi connectivity index (χ2v) is 5.83. The van der Waals surface area contributed by atoms with E-state index in [1.165, 1.54) is 44.2 Å². The number of aromatic hydroxyl groups is 2. The molecule has 142 valence electrons. The van der Waals surface area contributed by atoms with Crippen LogP contribution in [0.2, 0.25) is 0 Å². The van der Waals surface area contributed by atoms with E-state index in [9.17, 15) is 15.0 Å². The number of phenolic OH excluding ortho intramolecular Hbond substituents is 2. The van der Waals surface area contributed by atoms with Gasteiger partial charge < -0.3 is 24.4 Å². The lowest BCUT2D eigenvalue weighted by molar-refractivity contribution is 0.0141. The van der Waals surface area contributed by atoms with Crippen molar-refractivity contribution in [3.8, 4) is 11.5 Å². The van der Waals surface area contributed by atoms with Crippen LogP contribution in [0.1, 0.15) is 55.8 Å². The molecule has 0 heterocycles. The molecule has 0 fully saturated rings. The van der Waals surface area contributed by atoms with E-state index in [2.05, 4.69) is 6.92 Å². The fraction of sp³-hybridized carbons (Fsp3) is 0.632. The molecule has 0 spiro atoms. The molecule has 0 aliphatic heterocycles. The van der Waals surface area contributed by atoms with Crippen molar-refractivity contribution in [3.05, 3.63) is 23.8 Å². The molecule has 0 atom stereocenters. The highest BCUT2D eigenvalue weighted by atomic mass is 16.6. The molecule has 1 aromatic carbocycles. The molecule has 6 heteroatoms. The number of hydrogen-bond donors (Lipinski definition) is 2. The average molecular weight is 354 g/mol. The summed E-state index contributed by atoms with van der Waals surface area (Å²) >= 11 is 0. The van der Waals surface area contributed by atoms with Gasteiger partial charge >= 0.3 is 5.97 Å². The summed E-state index contributed by atoms with van der Waals surface area (Å²) in [5.41, 5.74) is 0.178. The number of rotatable bonds is 14. The van der Waals surface area contributed by atoms with Crippen LogP contribution in [0, 0.1) is 0 Å². The van der Waals surface area contributed by atoms with Crippen molar-refractivity contribution in [2.75, 3.05) is 33.0 Å². The molecule has 0 bridgehead atoms. The second-order valence-electron chi connectivity index (χ2n) is 5.83. The van der Waals surface area contributed by atoms with Crippen molar-refractivity contribution in [2.45, 2.75) is 45.4 Å². The normalized spacial score (nSPS) is 10.8. The van der Waals surface area contributed by atoms with Gasteiger partial charge in [0.15, 0.2) is 11.5 Å². The third-order valence-electron chi connectivity index (χ3n) is 3.69. The Balaban J connectivity index is 1.93. The largest absolute Gasteiger partial charge is 0.504 e. The zero-order valence-electron chi connectivity index (χ0n) is 15.0. The van der Waals surface area contributed by atoms with Crippen LogP contribution in [-0.4, -0.2) is 49.2 Å². The van der Waals surface area contributed by atoms with E-state index in [1.54, 1.807) is 0 Å². The van der Waals surface area contributed by atoms with Gasteiger partial charge in [0, 0.05) is 6.61 Å². The Kier molecular flexibility index (Phi) is 11.5. The topological polar surface area (TPSA) is 85.2 Å². The number of hydrogen-bond acceptors (Lipinski definition) is 6. The molecule has 0 aromatic heterocycles. The monoisotopic (exact) mass is 354 g/mol. The maximum absolute atomic E-state index is 11.7. The number of ether oxygens (including phenoxy) is 3. The first kappa shape index (κ1) is 21.3. The van der Waals surface area contributed by atoms with Gasteiger partial charge in [-0.2, -0.15) is 0 Å². The molecule has 0 aliphatic rings. The molecular formula is C19H30O6. The lowest BCUT2D eigenvalue weighted by Crippen LogP contribution is -2.13. The Morgan fingerprint density at radius 2 is 1.48 bits per heavy atom. The third-order valence-corrected chi connectivity index (χ3v) is 3.69. The van der Waals surface area contributed by atoms with E-state index in [0.717, 1.165) is 19.1 Å². The predicted molar refractivity (Wildman–Crippen MR) is 95.1 cm³/mol. The number of carbonyl (C=O) groups excluding carboxylic acids is 1. The molecule has 1 aromatic rings. The smallest absolute Gasteiger partial charge is 0.338 e. The van der Waals surface area contributed by atoms with Crippen LogP contribution < -0.4 is 0 Å². The first-order valence-corrected chi connectivity index (χ1v) is 8.99.